The Hall–Kier alpha value is -2.61. The molecule has 0 aliphatic heterocycles. The maximum Gasteiger partial charge on any atom is 0.271 e. The summed E-state index contributed by atoms with van der Waals surface area (Å²) < 4.78 is 5.06. The van der Waals surface area contributed by atoms with Crippen molar-refractivity contribution in [2.24, 2.45) is 11.8 Å². The zero-order chi connectivity index (χ0) is 17.9. The summed E-state index contributed by atoms with van der Waals surface area (Å²) in [7, 11) is 1.35. The van der Waals surface area contributed by atoms with Crippen molar-refractivity contribution >= 4 is 34.9 Å². The zero-order valence-corrected chi connectivity index (χ0v) is 13.4. The number of nitrogens with zero attached hydrogens (tertiary/aromatic N) is 1. The fraction of sp³-hybridized carbons (Fsp3) is 0.333. The Morgan fingerprint density at radius 2 is 2.08 bits per heavy atom. The lowest BCUT2D eigenvalue weighted by Crippen LogP contribution is -2.42. The molecular weight excluding hydrogens is 340 g/mol. The van der Waals surface area contributed by atoms with E-state index in [2.05, 4.69) is 5.32 Å². The first-order chi connectivity index (χ1) is 11.3. The number of hydrogen-bond acceptors (Lipinski definition) is 6. The molecule has 24 heavy (non-hydrogen) atoms. The van der Waals surface area contributed by atoms with Crippen LogP contribution in [0.4, 0.5) is 11.4 Å². The molecule has 1 aliphatic rings. The molecule has 0 bridgehead atoms. The molecule has 2 atom stereocenters. The van der Waals surface area contributed by atoms with Crippen LogP contribution in [0.2, 0.25) is 0 Å². The number of non-ortho nitro benzene ring substituents is 1. The molecule has 8 nitrogen and oxygen atoms in total. The summed E-state index contributed by atoms with van der Waals surface area (Å²) in [5.74, 6) is -3.69. The smallest absolute Gasteiger partial charge is 0.271 e. The molecule has 1 aliphatic carbocycles. The third kappa shape index (κ3) is 3.83. The van der Waals surface area contributed by atoms with Crippen molar-refractivity contribution in [3.63, 3.8) is 0 Å². The standard InChI is InChI=1S/C15H15ClN2O6/c1-24-13-5-3-9(18(22)23)7-12(13)17-14(19)11-6-8(16)2-4-10(11)15(20)21/h2-3,5,7,10-11H,4,6H2,1H3,(H,17,19)(H,20,21)/p-1/t10-,11-/m1/s1. The second-order valence-corrected chi connectivity index (χ2v) is 5.74. The van der Waals surface area contributed by atoms with Crippen LogP contribution in [-0.4, -0.2) is 23.9 Å². The van der Waals surface area contributed by atoms with Gasteiger partial charge in [-0.15, -0.1) is 0 Å². The second-order valence-electron chi connectivity index (χ2n) is 5.25. The Morgan fingerprint density at radius 3 is 2.67 bits per heavy atom. The van der Waals surface area contributed by atoms with E-state index in [0.29, 0.717) is 5.03 Å². The Labute approximate surface area is 142 Å². The molecule has 0 fully saturated rings. The van der Waals surface area contributed by atoms with E-state index in [1.807, 2.05) is 0 Å². The van der Waals surface area contributed by atoms with Gasteiger partial charge >= 0.3 is 0 Å². The molecule has 0 heterocycles. The first kappa shape index (κ1) is 17.7. The topological polar surface area (TPSA) is 122 Å². The number of carboxylic acids is 1. The third-order valence-corrected chi connectivity index (χ3v) is 4.09. The van der Waals surface area contributed by atoms with Crippen molar-refractivity contribution in [1.29, 1.82) is 0 Å². The third-order valence-electron chi connectivity index (χ3n) is 3.79. The van der Waals surface area contributed by atoms with Crippen molar-refractivity contribution in [3.05, 3.63) is 39.4 Å². The van der Waals surface area contributed by atoms with Gasteiger partial charge in [-0.3, -0.25) is 14.9 Å². The molecule has 1 amide bonds. The van der Waals surface area contributed by atoms with E-state index in [0.717, 1.165) is 6.07 Å². The number of hydrogen-bond donors (Lipinski definition) is 1. The van der Waals surface area contributed by atoms with Gasteiger partial charge in [0.2, 0.25) is 5.91 Å². The highest BCUT2D eigenvalue weighted by Crippen LogP contribution is 2.34. The minimum atomic E-state index is -1.35. The summed E-state index contributed by atoms with van der Waals surface area (Å²) >= 11 is 5.91. The summed E-state index contributed by atoms with van der Waals surface area (Å²) in [5, 5.41) is 25.0. The van der Waals surface area contributed by atoms with Crippen LogP contribution < -0.4 is 15.2 Å². The predicted octanol–water partition coefficient (Wildman–Crippen LogP) is 1.44. The second kappa shape index (κ2) is 7.31. The molecule has 0 saturated carbocycles. The first-order valence-corrected chi connectivity index (χ1v) is 7.40. The van der Waals surface area contributed by atoms with Gasteiger partial charge in [0.25, 0.3) is 5.69 Å². The molecular formula is C15H14ClN2O6-. The summed E-state index contributed by atoms with van der Waals surface area (Å²) in [6, 6.07) is 3.72. The van der Waals surface area contributed by atoms with Gasteiger partial charge in [0.05, 0.1) is 23.6 Å². The Balaban J connectivity index is 2.27. The van der Waals surface area contributed by atoms with Gasteiger partial charge < -0.3 is 20.0 Å². The fourth-order valence-electron chi connectivity index (χ4n) is 2.52. The summed E-state index contributed by atoms with van der Waals surface area (Å²) in [5.41, 5.74) is -0.149. The van der Waals surface area contributed by atoms with Crippen LogP contribution in [0, 0.1) is 22.0 Å². The van der Waals surface area contributed by atoms with E-state index in [1.54, 1.807) is 6.08 Å². The molecule has 0 spiro atoms. The van der Waals surface area contributed by atoms with Crippen molar-refractivity contribution in [2.45, 2.75) is 12.8 Å². The van der Waals surface area contributed by atoms with Crippen LogP contribution in [0.5, 0.6) is 5.75 Å². The molecule has 1 aromatic rings. The molecule has 9 heteroatoms. The maximum atomic E-state index is 12.5. The summed E-state index contributed by atoms with van der Waals surface area (Å²) in [6.07, 6.45) is 1.69. The zero-order valence-electron chi connectivity index (χ0n) is 12.7. The van der Waals surface area contributed by atoms with Crippen LogP contribution in [-0.2, 0) is 9.59 Å². The van der Waals surface area contributed by atoms with E-state index < -0.39 is 28.6 Å². The van der Waals surface area contributed by atoms with Crippen molar-refractivity contribution in [2.75, 3.05) is 12.4 Å². The number of methoxy groups -OCH3 is 1. The van der Waals surface area contributed by atoms with Gasteiger partial charge in [-0.25, -0.2) is 0 Å². The SMILES string of the molecule is COc1ccc([N+](=O)[O-])cc1NC(=O)[C@@H]1CC(Cl)=CC[C@H]1C(=O)[O-]. The summed E-state index contributed by atoms with van der Waals surface area (Å²) in [4.78, 5) is 33.9. The lowest BCUT2D eigenvalue weighted by molar-refractivity contribution is -0.384. The lowest BCUT2D eigenvalue weighted by Gasteiger charge is -2.29. The number of rotatable bonds is 5. The average Bonchev–Trinajstić information content (AvgIpc) is 2.54. The lowest BCUT2D eigenvalue weighted by atomic mass is 9.82. The molecule has 0 radical (unpaired) electrons. The number of nitro benzene ring substituents is 1. The molecule has 0 aromatic heterocycles. The number of amides is 1. The minimum Gasteiger partial charge on any atom is -0.550 e. The van der Waals surface area contributed by atoms with Crippen LogP contribution in [0.3, 0.4) is 0 Å². The number of benzene rings is 1. The normalized spacial score (nSPS) is 20.0. The van der Waals surface area contributed by atoms with Gasteiger partial charge in [0, 0.05) is 29.1 Å². The van der Waals surface area contributed by atoms with E-state index in [9.17, 15) is 24.8 Å². The number of nitro groups is 1. The maximum absolute atomic E-state index is 12.5. The van der Waals surface area contributed by atoms with E-state index in [4.69, 9.17) is 16.3 Å². The molecule has 1 aromatic carbocycles. The number of carbonyl (C=O) groups excluding carboxylic acids is 2. The van der Waals surface area contributed by atoms with Gasteiger partial charge in [0.1, 0.15) is 5.75 Å². The number of ether oxygens (including phenoxy) is 1. The van der Waals surface area contributed by atoms with Crippen LogP contribution in [0.1, 0.15) is 12.8 Å². The van der Waals surface area contributed by atoms with Crippen LogP contribution >= 0.6 is 11.6 Å². The van der Waals surface area contributed by atoms with Crippen molar-refractivity contribution in [3.8, 4) is 5.75 Å². The highest BCUT2D eigenvalue weighted by molar-refractivity contribution is 6.29. The molecule has 128 valence electrons. The number of nitrogens with one attached hydrogen (secondary N) is 1. The average molecular weight is 354 g/mol. The first-order valence-electron chi connectivity index (χ1n) is 7.02. The van der Waals surface area contributed by atoms with Gasteiger partial charge in [-0.2, -0.15) is 0 Å². The minimum absolute atomic E-state index is 0.0588. The quantitative estimate of drug-likeness (QED) is 0.631. The van der Waals surface area contributed by atoms with Gasteiger partial charge in [0.15, 0.2) is 0 Å². The highest BCUT2D eigenvalue weighted by atomic mass is 35.5. The Bertz CT molecular complexity index is 718. The molecule has 0 unspecified atom stereocenters. The van der Waals surface area contributed by atoms with Crippen molar-refractivity contribution in [1.82, 2.24) is 0 Å². The summed E-state index contributed by atoms with van der Waals surface area (Å²) in [6.45, 7) is 0. The fourth-order valence-corrected chi connectivity index (χ4v) is 2.78. The predicted molar refractivity (Wildman–Crippen MR) is 83.4 cm³/mol. The number of allylic oxidation sites excluding steroid dienone is 2. The van der Waals surface area contributed by atoms with Crippen LogP contribution in [0.15, 0.2) is 29.3 Å². The van der Waals surface area contributed by atoms with E-state index in [1.165, 1.54) is 19.2 Å². The molecule has 0 saturated heterocycles. The largest absolute Gasteiger partial charge is 0.550 e. The number of carbonyl (C=O) groups is 2. The van der Waals surface area contributed by atoms with Crippen LogP contribution in [0.25, 0.3) is 0 Å². The Kier molecular flexibility index (Phi) is 5.40. The number of aliphatic carboxylic acids is 1. The highest BCUT2D eigenvalue weighted by Gasteiger charge is 2.32. The van der Waals surface area contributed by atoms with Gasteiger partial charge in [-0.1, -0.05) is 17.7 Å². The molecule has 2 rings (SSSR count). The number of anilines is 1. The molecule has 1 N–H and O–H groups in total. The number of halogens is 1. The monoisotopic (exact) mass is 353 g/mol. The number of carboxylic acid groups (broad SMARTS) is 1. The van der Waals surface area contributed by atoms with Crippen molar-refractivity contribution < 1.29 is 24.4 Å². The van der Waals surface area contributed by atoms with E-state index >= 15 is 0 Å². The van der Waals surface area contributed by atoms with Gasteiger partial charge in [-0.05, 0) is 18.9 Å². The Morgan fingerprint density at radius 1 is 1.38 bits per heavy atom. The van der Waals surface area contributed by atoms with E-state index in [-0.39, 0.29) is 30.0 Å².